The van der Waals surface area contributed by atoms with Crippen LogP contribution < -0.4 is 5.32 Å². The summed E-state index contributed by atoms with van der Waals surface area (Å²) >= 11 is 0. The third-order valence-corrected chi connectivity index (χ3v) is 3.19. The highest BCUT2D eigenvalue weighted by Gasteiger charge is 2.21. The maximum atomic E-state index is 11.1. The highest BCUT2D eigenvalue weighted by molar-refractivity contribution is 5.60. The first-order valence-corrected chi connectivity index (χ1v) is 6.63. The summed E-state index contributed by atoms with van der Waals surface area (Å²) in [4.78, 5) is 14.7. The monoisotopic (exact) mass is 287 g/mol. The van der Waals surface area contributed by atoms with Gasteiger partial charge in [-0.1, -0.05) is 30.3 Å². The summed E-state index contributed by atoms with van der Waals surface area (Å²) in [5.41, 5.74) is 1.53. The minimum atomic E-state index is -0.457. The Balaban J connectivity index is 2.19. The molecule has 0 radical (unpaired) electrons. The molecule has 0 aliphatic heterocycles. The molecule has 0 aliphatic carbocycles. The number of nitrogens with zero attached hydrogens (tertiary/aromatic N) is 2. The van der Waals surface area contributed by atoms with E-state index >= 15 is 0 Å². The van der Waals surface area contributed by atoms with Gasteiger partial charge in [-0.25, -0.2) is 4.98 Å². The van der Waals surface area contributed by atoms with Crippen LogP contribution in [0.4, 0.5) is 11.5 Å². The third kappa shape index (κ3) is 3.76. The molecule has 0 saturated heterocycles. The molecule has 0 spiro atoms. The second-order valence-electron chi connectivity index (χ2n) is 4.80. The van der Waals surface area contributed by atoms with Gasteiger partial charge in [-0.05, 0) is 25.0 Å². The normalized spacial score (nSPS) is 11.9. The van der Waals surface area contributed by atoms with Gasteiger partial charge in [0.05, 0.1) is 17.6 Å². The number of pyridine rings is 1. The Morgan fingerprint density at radius 3 is 2.67 bits per heavy atom. The maximum Gasteiger partial charge on any atom is 0.314 e. The van der Waals surface area contributed by atoms with Crippen LogP contribution in [0.1, 0.15) is 11.1 Å². The van der Waals surface area contributed by atoms with Crippen molar-refractivity contribution in [2.75, 3.05) is 11.9 Å². The Morgan fingerprint density at radius 2 is 2.05 bits per heavy atom. The molecule has 1 unspecified atom stereocenters. The van der Waals surface area contributed by atoms with E-state index in [2.05, 4.69) is 10.3 Å². The van der Waals surface area contributed by atoms with Crippen LogP contribution in [0.5, 0.6) is 0 Å². The zero-order chi connectivity index (χ0) is 15.2. The molecule has 0 fully saturated rings. The van der Waals surface area contributed by atoms with E-state index in [-0.39, 0.29) is 24.2 Å². The Hall–Kier alpha value is -2.47. The lowest BCUT2D eigenvalue weighted by atomic mass is 10.1. The molecule has 1 aromatic carbocycles. The predicted molar refractivity (Wildman–Crippen MR) is 80.3 cm³/mol. The van der Waals surface area contributed by atoms with Gasteiger partial charge < -0.3 is 10.4 Å². The number of nitrogens with one attached hydrogen (secondary N) is 1. The summed E-state index contributed by atoms with van der Waals surface area (Å²) in [5, 5.41) is 23.6. The van der Waals surface area contributed by atoms with Gasteiger partial charge in [0.1, 0.15) is 0 Å². The van der Waals surface area contributed by atoms with Gasteiger partial charge >= 0.3 is 5.69 Å². The first-order chi connectivity index (χ1) is 10.1. The van der Waals surface area contributed by atoms with Crippen LogP contribution in [0, 0.1) is 17.0 Å². The molecular formula is C15H17N3O3. The minimum Gasteiger partial charge on any atom is -0.394 e. The Bertz CT molecular complexity index is 617. The predicted octanol–water partition coefficient (Wildman–Crippen LogP) is 2.31. The van der Waals surface area contributed by atoms with Crippen LogP contribution in [0.15, 0.2) is 42.6 Å². The molecule has 0 aliphatic rings. The minimum absolute atomic E-state index is 0.0518. The SMILES string of the molecule is Cc1ccnc(NC(CO)Cc2ccccc2)c1[N+](=O)[O-]. The van der Waals surface area contributed by atoms with E-state index in [1.165, 1.54) is 6.20 Å². The van der Waals surface area contributed by atoms with Crippen molar-refractivity contribution in [3.05, 3.63) is 63.8 Å². The zero-order valence-corrected chi connectivity index (χ0v) is 11.7. The molecule has 2 rings (SSSR count). The lowest BCUT2D eigenvalue weighted by Gasteiger charge is -2.17. The van der Waals surface area contributed by atoms with Crippen molar-refractivity contribution in [2.24, 2.45) is 0 Å². The first-order valence-electron chi connectivity index (χ1n) is 6.63. The quantitative estimate of drug-likeness (QED) is 0.628. The number of hydrogen-bond donors (Lipinski definition) is 2. The lowest BCUT2D eigenvalue weighted by molar-refractivity contribution is -0.384. The van der Waals surface area contributed by atoms with E-state index in [9.17, 15) is 15.2 Å². The van der Waals surface area contributed by atoms with E-state index in [1.807, 2.05) is 30.3 Å². The fourth-order valence-corrected chi connectivity index (χ4v) is 2.14. The van der Waals surface area contributed by atoms with Crippen molar-refractivity contribution >= 4 is 11.5 Å². The van der Waals surface area contributed by atoms with Gasteiger partial charge in [0, 0.05) is 11.8 Å². The van der Waals surface area contributed by atoms with Crippen LogP contribution >= 0.6 is 0 Å². The summed E-state index contributed by atoms with van der Waals surface area (Å²) in [6.45, 7) is 1.53. The van der Waals surface area contributed by atoms with Gasteiger partial charge in [-0.3, -0.25) is 10.1 Å². The highest BCUT2D eigenvalue weighted by atomic mass is 16.6. The van der Waals surface area contributed by atoms with Crippen molar-refractivity contribution < 1.29 is 10.0 Å². The Morgan fingerprint density at radius 1 is 1.33 bits per heavy atom. The summed E-state index contributed by atoms with van der Waals surface area (Å²) in [7, 11) is 0. The van der Waals surface area contributed by atoms with Crippen LogP contribution in [0.2, 0.25) is 0 Å². The molecule has 1 heterocycles. The largest absolute Gasteiger partial charge is 0.394 e. The molecule has 2 aromatic rings. The maximum absolute atomic E-state index is 11.1. The second kappa shape index (κ2) is 6.81. The van der Waals surface area contributed by atoms with E-state index < -0.39 is 4.92 Å². The highest BCUT2D eigenvalue weighted by Crippen LogP contribution is 2.26. The van der Waals surface area contributed by atoms with Gasteiger partial charge in [-0.2, -0.15) is 0 Å². The van der Waals surface area contributed by atoms with Crippen molar-refractivity contribution in [3.63, 3.8) is 0 Å². The number of nitro groups is 1. The number of anilines is 1. The van der Waals surface area contributed by atoms with E-state index in [0.29, 0.717) is 12.0 Å². The molecular weight excluding hydrogens is 270 g/mol. The van der Waals surface area contributed by atoms with Crippen molar-refractivity contribution in [2.45, 2.75) is 19.4 Å². The smallest absolute Gasteiger partial charge is 0.314 e. The number of aryl methyl sites for hydroxylation is 1. The molecule has 2 N–H and O–H groups in total. The molecule has 0 amide bonds. The number of aliphatic hydroxyl groups excluding tert-OH is 1. The zero-order valence-electron chi connectivity index (χ0n) is 11.7. The number of rotatable bonds is 6. The molecule has 110 valence electrons. The van der Waals surface area contributed by atoms with E-state index in [1.54, 1.807) is 13.0 Å². The summed E-state index contributed by atoms with van der Waals surface area (Å²) in [5.74, 6) is 0.190. The van der Waals surface area contributed by atoms with Crippen LogP contribution in [0.3, 0.4) is 0 Å². The molecule has 0 bridgehead atoms. The first kappa shape index (κ1) is 14.9. The third-order valence-electron chi connectivity index (χ3n) is 3.19. The fourth-order valence-electron chi connectivity index (χ4n) is 2.14. The lowest BCUT2D eigenvalue weighted by Crippen LogP contribution is -2.27. The molecule has 0 saturated carbocycles. The van der Waals surface area contributed by atoms with Crippen molar-refractivity contribution in [1.82, 2.24) is 4.98 Å². The Labute approximate surface area is 122 Å². The van der Waals surface area contributed by atoms with Gasteiger partial charge in [-0.15, -0.1) is 0 Å². The number of hydrogen-bond acceptors (Lipinski definition) is 5. The number of benzene rings is 1. The molecule has 6 nitrogen and oxygen atoms in total. The number of aromatic nitrogens is 1. The fraction of sp³-hybridized carbons (Fsp3) is 0.267. The molecule has 1 aromatic heterocycles. The summed E-state index contributed by atoms with van der Waals surface area (Å²) < 4.78 is 0. The summed E-state index contributed by atoms with van der Waals surface area (Å²) in [6, 6.07) is 10.9. The Kier molecular flexibility index (Phi) is 4.84. The topological polar surface area (TPSA) is 88.3 Å². The average Bonchev–Trinajstić information content (AvgIpc) is 2.47. The van der Waals surface area contributed by atoms with Crippen LogP contribution in [-0.4, -0.2) is 27.7 Å². The number of aliphatic hydroxyl groups is 1. The van der Waals surface area contributed by atoms with Crippen molar-refractivity contribution in [1.29, 1.82) is 0 Å². The van der Waals surface area contributed by atoms with Gasteiger partial charge in [0.2, 0.25) is 5.82 Å². The standard InChI is InChI=1S/C15H17N3O3/c1-11-7-8-16-15(14(11)18(20)21)17-13(10-19)9-12-5-3-2-4-6-12/h2-8,13,19H,9-10H2,1H3,(H,16,17). The van der Waals surface area contributed by atoms with Crippen molar-refractivity contribution in [3.8, 4) is 0 Å². The second-order valence-corrected chi connectivity index (χ2v) is 4.80. The average molecular weight is 287 g/mol. The van der Waals surface area contributed by atoms with E-state index in [0.717, 1.165) is 5.56 Å². The molecule has 21 heavy (non-hydrogen) atoms. The van der Waals surface area contributed by atoms with Gasteiger partial charge in [0.15, 0.2) is 0 Å². The van der Waals surface area contributed by atoms with Gasteiger partial charge in [0.25, 0.3) is 0 Å². The van der Waals surface area contributed by atoms with Crippen LogP contribution in [0.25, 0.3) is 0 Å². The molecule has 1 atom stereocenters. The van der Waals surface area contributed by atoms with E-state index in [4.69, 9.17) is 0 Å². The summed E-state index contributed by atoms with van der Waals surface area (Å²) in [6.07, 6.45) is 2.08. The molecule has 6 heteroatoms. The van der Waals surface area contributed by atoms with Crippen LogP contribution in [-0.2, 0) is 6.42 Å².